The van der Waals surface area contributed by atoms with Gasteiger partial charge in [-0.3, -0.25) is 4.79 Å². The molecule has 2 rings (SSSR count). The maximum atomic E-state index is 12.9. The Labute approximate surface area is 100.0 Å². The smallest absolute Gasteiger partial charge is 0.251 e. The van der Waals surface area contributed by atoms with Crippen molar-refractivity contribution in [3.05, 3.63) is 35.6 Å². The van der Waals surface area contributed by atoms with Gasteiger partial charge in [-0.1, -0.05) is 6.07 Å². The molecule has 1 heterocycles. The van der Waals surface area contributed by atoms with Crippen molar-refractivity contribution in [1.82, 2.24) is 5.32 Å². The van der Waals surface area contributed by atoms with Gasteiger partial charge in [-0.15, -0.1) is 0 Å². The predicted octanol–water partition coefficient (Wildman–Crippen LogP) is 2.12. The highest BCUT2D eigenvalue weighted by atomic mass is 19.1. The fourth-order valence-electron chi connectivity index (χ4n) is 1.95. The van der Waals surface area contributed by atoms with Crippen molar-refractivity contribution in [3.8, 4) is 0 Å². The zero-order valence-corrected chi connectivity index (χ0v) is 9.62. The number of nitrogens with one attached hydrogen (secondary N) is 1. The Morgan fingerprint density at radius 2 is 2.41 bits per heavy atom. The summed E-state index contributed by atoms with van der Waals surface area (Å²) in [4.78, 5) is 11.7. The molecule has 4 heteroatoms. The van der Waals surface area contributed by atoms with Gasteiger partial charge in [0.25, 0.3) is 5.91 Å². The third-order valence-corrected chi connectivity index (χ3v) is 2.86. The van der Waals surface area contributed by atoms with Crippen LogP contribution >= 0.6 is 0 Å². The zero-order valence-electron chi connectivity index (χ0n) is 9.62. The molecule has 17 heavy (non-hydrogen) atoms. The second-order valence-electron chi connectivity index (χ2n) is 4.19. The van der Waals surface area contributed by atoms with E-state index in [1.165, 1.54) is 18.2 Å². The van der Waals surface area contributed by atoms with Crippen molar-refractivity contribution in [2.75, 3.05) is 13.2 Å². The Balaban J connectivity index is 1.77. The molecule has 1 aromatic rings. The number of hydrogen-bond donors (Lipinski definition) is 1. The van der Waals surface area contributed by atoms with Gasteiger partial charge in [0.15, 0.2) is 0 Å². The Hall–Kier alpha value is -1.42. The number of hydrogen-bond acceptors (Lipinski definition) is 2. The number of ether oxygens (including phenoxy) is 1. The van der Waals surface area contributed by atoms with Crippen LogP contribution in [0, 0.1) is 5.82 Å². The fourth-order valence-corrected chi connectivity index (χ4v) is 1.95. The number of carbonyl (C=O) groups excluding carboxylic acids is 1. The summed E-state index contributed by atoms with van der Waals surface area (Å²) in [7, 11) is 0. The normalized spacial score (nSPS) is 19.2. The summed E-state index contributed by atoms with van der Waals surface area (Å²) in [5, 5.41) is 2.77. The lowest BCUT2D eigenvalue weighted by atomic mass is 10.1. The van der Waals surface area contributed by atoms with Crippen LogP contribution < -0.4 is 5.32 Å². The summed E-state index contributed by atoms with van der Waals surface area (Å²) in [6, 6.07) is 5.69. The number of carbonyl (C=O) groups is 1. The largest absolute Gasteiger partial charge is 0.378 e. The molecule has 1 aliphatic rings. The van der Waals surface area contributed by atoms with E-state index in [9.17, 15) is 9.18 Å². The van der Waals surface area contributed by atoms with E-state index < -0.39 is 5.82 Å². The van der Waals surface area contributed by atoms with Crippen molar-refractivity contribution in [2.24, 2.45) is 0 Å². The van der Waals surface area contributed by atoms with E-state index in [2.05, 4.69) is 5.32 Å². The molecule has 1 aliphatic heterocycles. The van der Waals surface area contributed by atoms with Gasteiger partial charge >= 0.3 is 0 Å². The van der Waals surface area contributed by atoms with Crippen LogP contribution in [0.1, 0.15) is 29.6 Å². The van der Waals surface area contributed by atoms with Gasteiger partial charge in [0.2, 0.25) is 0 Å². The number of benzene rings is 1. The minimum Gasteiger partial charge on any atom is -0.378 e. The van der Waals surface area contributed by atoms with Crippen LogP contribution in [0.4, 0.5) is 4.39 Å². The highest BCUT2D eigenvalue weighted by Gasteiger charge is 2.15. The summed E-state index contributed by atoms with van der Waals surface area (Å²) in [5.74, 6) is -0.626. The summed E-state index contributed by atoms with van der Waals surface area (Å²) in [5.41, 5.74) is 0.359. The van der Waals surface area contributed by atoms with Gasteiger partial charge in [-0.05, 0) is 37.5 Å². The van der Waals surface area contributed by atoms with Gasteiger partial charge in [-0.2, -0.15) is 0 Å². The van der Waals surface area contributed by atoms with Crippen LogP contribution in [0.15, 0.2) is 24.3 Å². The molecule has 3 nitrogen and oxygen atoms in total. The lowest BCUT2D eigenvalue weighted by Crippen LogP contribution is -2.27. The molecule has 0 radical (unpaired) electrons. The van der Waals surface area contributed by atoms with Crippen molar-refractivity contribution < 1.29 is 13.9 Å². The quantitative estimate of drug-likeness (QED) is 0.871. The molecule has 1 unspecified atom stereocenters. The van der Waals surface area contributed by atoms with Gasteiger partial charge < -0.3 is 10.1 Å². The molecule has 0 bridgehead atoms. The van der Waals surface area contributed by atoms with Crippen LogP contribution in [0.25, 0.3) is 0 Å². The lowest BCUT2D eigenvalue weighted by Gasteiger charge is -2.10. The Morgan fingerprint density at radius 3 is 3.12 bits per heavy atom. The summed E-state index contributed by atoms with van der Waals surface area (Å²) >= 11 is 0. The highest BCUT2D eigenvalue weighted by molar-refractivity contribution is 5.94. The van der Waals surface area contributed by atoms with Crippen molar-refractivity contribution in [2.45, 2.75) is 25.4 Å². The molecular weight excluding hydrogens is 221 g/mol. The molecule has 1 aromatic carbocycles. The molecule has 1 fully saturated rings. The third kappa shape index (κ3) is 3.53. The second kappa shape index (κ2) is 5.77. The van der Waals surface area contributed by atoms with Gasteiger partial charge in [0, 0.05) is 18.7 Å². The molecule has 1 atom stereocenters. The number of rotatable bonds is 4. The van der Waals surface area contributed by atoms with E-state index in [1.54, 1.807) is 6.07 Å². The van der Waals surface area contributed by atoms with Gasteiger partial charge in [0.05, 0.1) is 6.10 Å². The number of halogens is 1. The van der Waals surface area contributed by atoms with Crippen LogP contribution in [0.3, 0.4) is 0 Å². The Bertz CT molecular complexity index is 389. The van der Waals surface area contributed by atoms with Crippen LogP contribution in [0.5, 0.6) is 0 Å². The predicted molar refractivity (Wildman–Crippen MR) is 62.3 cm³/mol. The summed E-state index contributed by atoms with van der Waals surface area (Å²) < 4.78 is 18.3. The SMILES string of the molecule is O=C(NCCC1CCCO1)c1cccc(F)c1. The van der Waals surface area contributed by atoms with E-state index in [4.69, 9.17) is 4.74 Å². The fraction of sp³-hybridized carbons (Fsp3) is 0.462. The van der Waals surface area contributed by atoms with E-state index in [1.807, 2.05) is 0 Å². The molecule has 0 aromatic heterocycles. The van der Waals surface area contributed by atoms with E-state index >= 15 is 0 Å². The molecule has 1 saturated heterocycles. The van der Waals surface area contributed by atoms with Crippen LogP contribution in [0.2, 0.25) is 0 Å². The van der Waals surface area contributed by atoms with Gasteiger partial charge in [-0.25, -0.2) is 4.39 Å². The molecule has 0 aliphatic carbocycles. The molecule has 1 amide bonds. The number of amides is 1. The summed E-state index contributed by atoms with van der Waals surface area (Å²) in [6.45, 7) is 1.39. The Kier molecular flexibility index (Phi) is 4.09. The first kappa shape index (κ1) is 12.0. The third-order valence-electron chi connectivity index (χ3n) is 2.86. The average molecular weight is 237 g/mol. The Morgan fingerprint density at radius 1 is 1.53 bits per heavy atom. The first-order valence-electron chi connectivity index (χ1n) is 5.91. The lowest BCUT2D eigenvalue weighted by molar-refractivity contribution is 0.0907. The minimum absolute atomic E-state index is 0.234. The van der Waals surface area contributed by atoms with Crippen LogP contribution in [-0.2, 0) is 4.74 Å². The second-order valence-corrected chi connectivity index (χ2v) is 4.19. The standard InChI is InChI=1S/C13H16FNO2/c14-11-4-1-3-10(9-11)13(16)15-7-6-12-5-2-8-17-12/h1,3-4,9,12H,2,5-8H2,(H,15,16). The van der Waals surface area contributed by atoms with Gasteiger partial charge in [0.1, 0.15) is 5.82 Å². The van der Waals surface area contributed by atoms with Crippen molar-refractivity contribution >= 4 is 5.91 Å². The van der Waals surface area contributed by atoms with Crippen LogP contribution in [-0.4, -0.2) is 25.2 Å². The van der Waals surface area contributed by atoms with E-state index in [-0.39, 0.29) is 12.0 Å². The van der Waals surface area contributed by atoms with E-state index in [0.717, 1.165) is 25.9 Å². The molecule has 1 N–H and O–H groups in total. The molecular formula is C13H16FNO2. The average Bonchev–Trinajstić information content (AvgIpc) is 2.82. The van der Waals surface area contributed by atoms with Crippen molar-refractivity contribution in [1.29, 1.82) is 0 Å². The van der Waals surface area contributed by atoms with E-state index in [0.29, 0.717) is 12.1 Å². The molecule has 92 valence electrons. The maximum absolute atomic E-state index is 12.9. The first-order valence-corrected chi connectivity index (χ1v) is 5.91. The first-order chi connectivity index (χ1) is 8.25. The topological polar surface area (TPSA) is 38.3 Å². The molecule has 0 spiro atoms. The maximum Gasteiger partial charge on any atom is 0.251 e. The zero-order chi connectivity index (χ0) is 12.1. The minimum atomic E-state index is -0.392. The monoisotopic (exact) mass is 237 g/mol. The van der Waals surface area contributed by atoms with Crippen molar-refractivity contribution in [3.63, 3.8) is 0 Å². The summed E-state index contributed by atoms with van der Waals surface area (Å²) in [6.07, 6.45) is 3.25. The molecule has 0 saturated carbocycles. The highest BCUT2D eigenvalue weighted by Crippen LogP contribution is 2.14.